The number of nitrogens with zero attached hydrogens (tertiary/aromatic N) is 3. The van der Waals surface area contributed by atoms with Crippen LogP contribution in [0.5, 0.6) is 5.75 Å². The van der Waals surface area contributed by atoms with Gasteiger partial charge < -0.3 is 14.2 Å². The zero-order valence-electron chi connectivity index (χ0n) is 13.3. The van der Waals surface area contributed by atoms with E-state index in [4.69, 9.17) is 0 Å². The van der Waals surface area contributed by atoms with E-state index in [0.29, 0.717) is 27.6 Å². The van der Waals surface area contributed by atoms with Crippen molar-refractivity contribution in [3.05, 3.63) is 36.2 Å². The third-order valence-corrected chi connectivity index (χ3v) is 5.12. The van der Waals surface area contributed by atoms with Gasteiger partial charge >= 0.3 is 6.18 Å². The van der Waals surface area contributed by atoms with Crippen molar-refractivity contribution in [1.29, 1.82) is 0 Å². The molecule has 1 N–H and O–H groups in total. The number of benzene rings is 1. The molecule has 5 nitrogen and oxygen atoms in total. The predicted molar refractivity (Wildman–Crippen MR) is 87.6 cm³/mol. The Labute approximate surface area is 144 Å². The first kappa shape index (κ1) is 17.6. The molecule has 2 heterocycles. The van der Waals surface area contributed by atoms with Gasteiger partial charge in [0.1, 0.15) is 23.0 Å². The number of phenols is 1. The average molecular weight is 369 g/mol. The number of alkyl halides is 3. The normalized spacial score (nSPS) is 13.4. The zero-order chi connectivity index (χ0) is 18.4. The molecule has 25 heavy (non-hydrogen) atoms. The van der Waals surface area contributed by atoms with E-state index in [1.807, 2.05) is 0 Å². The van der Waals surface area contributed by atoms with Gasteiger partial charge in [-0.25, -0.2) is 9.97 Å². The van der Waals surface area contributed by atoms with E-state index in [0.717, 1.165) is 12.3 Å². The van der Waals surface area contributed by atoms with Crippen LogP contribution in [0, 0.1) is 0 Å². The number of aromatic nitrogens is 3. The monoisotopic (exact) mass is 369 g/mol. The molecule has 1 aromatic carbocycles. The van der Waals surface area contributed by atoms with Gasteiger partial charge in [-0.2, -0.15) is 13.2 Å². The molecule has 0 fully saturated rings. The summed E-state index contributed by atoms with van der Waals surface area (Å²) in [7, 11) is 1.64. The van der Waals surface area contributed by atoms with E-state index in [-0.39, 0.29) is 11.3 Å². The Bertz CT molecular complexity index is 940. The van der Waals surface area contributed by atoms with Gasteiger partial charge in [-0.3, -0.25) is 0 Å². The standard InChI is InChI=1S/C16H14F3N3O2S/c1-3-25(24)13-6-9(23)4-5-10(13)15-21-11-7-14(16(17,18)19)20-8-12(11)22(15)2/h4-8,23H,3H2,1-2H3. The fraction of sp³-hybridized carbons (Fsp3) is 0.250. The molecule has 3 aromatic rings. The highest BCUT2D eigenvalue weighted by Crippen LogP contribution is 2.34. The Morgan fingerprint density at radius 2 is 2.00 bits per heavy atom. The van der Waals surface area contributed by atoms with Crippen LogP contribution in [0.1, 0.15) is 12.6 Å². The summed E-state index contributed by atoms with van der Waals surface area (Å²) < 4.78 is 52.4. The summed E-state index contributed by atoms with van der Waals surface area (Å²) in [5.41, 5.74) is 0.0309. The first-order chi connectivity index (χ1) is 11.7. The van der Waals surface area contributed by atoms with Gasteiger partial charge in [-0.1, -0.05) is 0 Å². The zero-order valence-corrected chi connectivity index (χ0v) is 14.1. The highest BCUT2D eigenvalue weighted by atomic mass is 32.2. The number of phenolic OH excluding ortho intramolecular Hbond substituents is 1. The summed E-state index contributed by atoms with van der Waals surface area (Å²) in [4.78, 5) is 8.10. The van der Waals surface area contributed by atoms with Gasteiger partial charge in [0.05, 0.1) is 22.8 Å². The molecule has 3 rings (SSSR count). The largest absolute Gasteiger partial charge is 0.611 e. The Morgan fingerprint density at radius 3 is 2.64 bits per heavy atom. The maximum absolute atomic E-state index is 12.8. The molecular weight excluding hydrogens is 355 g/mol. The molecule has 0 aliphatic carbocycles. The third-order valence-electron chi connectivity index (χ3n) is 3.77. The number of aryl methyl sites for hydroxylation is 1. The topological polar surface area (TPSA) is 74.0 Å². The second-order valence-electron chi connectivity index (χ2n) is 5.37. The summed E-state index contributed by atoms with van der Waals surface area (Å²) >= 11 is -1.37. The van der Waals surface area contributed by atoms with E-state index < -0.39 is 23.0 Å². The molecule has 0 saturated heterocycles. The second-order valence-corrected chi connectivity index (χ2v) is 7.07. The number of imidazole rings is 1. The molecule has 0 radical (unpaired) electrons. The molecule has 0 bridgehead atoms. The van der Waals surface area contributed by atoms with Crippen molar-refractivity contribution in [3.8, 4) is 17.1 Å². The summed E-state index contributed by atoms with van der Waals surface area (Å²) in [6.07, 6.45) is -3.44. The van der Waals surface area contributed by atoms with Crippen LogP contribution >= 0.6 is 0 Å². The van der Waals surface area contributed by atoms with Gasteiger partial charge in [0, 0.05) is 13.1 Å². The Balaban J connectivity index is 2.22. The van der Waals surface area contributed by atoms with Crippen molar-refractivity contribution in [2.75, 3.05) is 5.75 Å². The van der Waals surface area contributed by atoms with E-state index in [1.54, 1.807) is 24.6 Å². The lowest BCUT2D eigenvalue weighted by Gasteiger charge is -2.13. The third kappa shape index (κ3) is 3.16. The molecule has 2 aromatic heterocycles. The lowest BCUT2D eigenvalue weighted by molar-refractivity contribution is -0.141. The first-order valence-electron chi connectivity index (χ1n) is 7.33. The number of hydrogen-bond acceptors (Lipinski definition) is 4. The smallest absolute Gasteiger partial charge is 0.433 e. The van der Waals surface area contributed by atoms with Crippen molar-refractivity contribution >= 4 is 22.2 Å². The highest BCUT2D eigenvalue weighted by Gasteiger charge is 2.33. The van der Waals surface area contributed by atoms with Crippen LogP contribution in [0.25, 0.3) is 22.4 Å². The van der Waals surface area contributed by atoms with Crippen LogP contribution in [0.15, 0.2) is 35.4 Å². The second kappa shape index (κ2) is 6.23. The first-order valence-corrected chi connectivity index (χ1v) is 8.65. The van der Waals surface area contributed by atoms with Gasteiger partial charge in [-0.15, -0.1) is 0 Å². The van der Waals surface area contributed by atoms with Crippen LogP contribution in [0.3, 0.4) is 0 Å². The Kier molecular flexibility index (Phi) is 4.38. The van der Waals surface area contributed by atoms with Crippen LogP contribution in [-0.2, 0) is 24.4 Å². The molecule has 1 unspecified atom stereocenters. The molecule has 0 aliphatic rings. The van der Waals surface area contributed by atoms with Crippen molar-refractivity contribution < 1.29 is 22.8 Å². The fourth-order valence-electron chi connectivity index (χ4n) is 2.52. The lowest BCUT2D eigenvalue weighted by atomic mass is 10.2. The van der Waals surface area contributed by atoms with E-state index in [9.17, 15) is 22.8 Å². The van der Waals surface area contributed by atoms with Crippen LogP contribution in [-0.4, -0.2) is 29.9 Å². The van der Waals surface area contributed by atoms with Crippen molar-refractivity contribution in [1.82, 2.24) is 14.5 Å². The van der Waals surface area contributed by atoms with Gasteiger partial charge in [0.15, 0.2) is 4.90 Å². The molecule has 0 saturated carbocycles. The van der Waals surface area contributed by atoms with Crippen molar-refractivity contribution in [3.63, 3.8) is 0 Å². The summed E-state index contributed by atoms with van der Waals surface area (Å²) in [5, 5.41) is 9.67. The minimum absolute atomic E-state index is 0.0414. The van der Waals surface area contributed by atoms with Gasteiger partial charge in [0.2, 0.25) is 0 Å². The quantitative estimate of drug-likeness (QED) is 0.717. The average Bonchev–Trinajstić information content (AvgIpc) is 2.89. The van der Waals surface area contributed by atoms with Crippen LogP contribution < -0.4 is 0 Å². The molecule has 132 valence electrons. The number of aromatic hydroxyl groups is 1. The van der Waals surface area contributed by atoms with Crippen molar-refractivity contribution in [2.24, 2.45) is 7.05 Å². The van der Waals surface area contributed by atoms with E-state index >= 15 is 0 Å². The molecule has 0 amide bonds. The van der Waals surface area contributed by atoms with E-state index in [1.165, 1.54) is 12.1 Å². The molecule has 0 aliphatic heterocycles. The number of hydrogen-bond donors (Lipinski definition) is 1. The number of pyridine rings is 1. The number of rotatable bonds is 3. The minimum Gasteiger partial charge on any atom is -0.611 e. The lowest BCUT2D eigenvalue weighted by Crippen LogP contribution is -2.07. The summed E-state index contributed by atoms with van der Waals surface area (Å²) in [5.74, 6) is 0.647. The molecular formula is C16H14F3N3O2S. The predicted octanol–water partition coefficient (Wildman–Crippen LogP) is 3.49. The maximum Gasteiger partial charge on any atom is 0.433 e. The van der Waals surface area contributed by atoms with Gasteiger partial charge in [0.25, 0.3) is 0 Å². The van der Waals surface area contributed by atoms with Gasteiger partial charge in [-0.05, 0) is 36.3 Å². The Morgan fingerprint density at radius 1 is 1.28 bits per heavy atom. The molecule has 1 atom stereocenters. The summed E-state index contributed by atoms with van der Waals surface area (Å²) in [6.45, 7) is 1.73. The SMILES string of the molecule is CC[S+]([O-])c1cc(O)ccc1-c1nc2cc(C(F)(F)F)ncc2n1C. The fourth-order valence-corrected chi connectivity index (χ4v) is 3.49. The Hall–Kier alpha value is -2.26. The summed E-state index contributed by atoms with van der Waals surface area (Å²) in [6, 6.07) is 5.24. The maximum atomic E-state index is 12.8. The molecule has 9 heteroatoms. The minimum atomic E-state index is -4.56. The van der Waals surface area contributed by atoms with Crippen LogP contribution in [0.4, 0.5) is 13.2 Å². The number of halogens is 3. The van der Waals surface area contributed by atoms with Crippen LogP contribution in [0.2, 0.25) is 0 Å². The number of fused-ring (bicyclic) bond motifs is 1. The molecule has 0 spiro atoms. The van der Waals surface area contributed by atoms with E-state index in [2.05, 4.69) is 9.97 Å². The van der Waals surface area contributed by atoms with Crippen molar-refractivity contribution in [2.45, 2.75) is 18.0 Å². The highest BCUT2D eigenvalue weighted by molar-refractivity contribution is 7.91.